The van der Waals surface area contributed by atoms with Crippen molar-refractivity contribution in [1.82, 2.24) is 8.61 Å². The van der Waals surface area contributed by atoms with Gasteiger partial charge in [0.25, 0.3) is 0 Å². The molecule has 0 radical (unpaired) electrons. The lowest BCUT2D eigenvalue weighted by Gasteiger charge is -2.48. The van der Waals surface area contributed by atoms with Crippen molar-refractivity contribution in [3.8, 4) is 0 Å². The minimum Gasteiger partial charge on any atom is -0.299 e. The molecular weight excluding hydrogens is 508 g/mol. The van der Waals surface area contributed by atoms with Crippen molar-refractivity contribution < 1.29 is 21.6 Å². The molecule has 3 aromatic carbocycles. The van der Waals surface area contributed by atoms with Gasteiger partial charge in [-0.2, -0.15) is 8.61 Å². The standard InChI is InChI=1S/C28H30N2O5S2/c1-20-8-12-23(13-9-20)36(32,33)29-17-16-26-25(19-29)28(31)18-27(22-6-4-3-5-7-22)30(26)37(34,35)24-14-10-21(2)11-15-24/h3-15,25-27H,16-19H2,1-2H3/t25-,26+,27?/m1/s1. The van der Waals surface area contributed by atoms with Gasteiger partial charge >= 0.3 is 0 Å². The molecule has 0 bridgehead atoms. The molecule has 0 saturated carbocycles. The fourth-order valence-corrected chi connectivity index (χ4v) is 8.73. The van der Waals surface area contributed by atoms with E-state index >= 15 is 0 Å². The van der Waals surface area contributed by atoms with Crippen molar-refractivity contribution in [1.29, 1.82) is 0 Å². The van der Waals surface area contributed by atoms with Crippen LogP contribution >= 0.6 is 0 Å². The number of rotatable bonds is 5. The van der Waals surface area contributed by atoms with Crippen LogP contribution in [-0.4, -0.2) is 50.4 Å². The second kappa shape index (κ2) is 9.79. The summed E-state index contributed by atoms with van der Waals surface area (Å²) in [6.45, 7) is 3.87. The number of sulfonamides is 2. The van der Waals surface area contributed by atoms with Gasteiger partial charge in [-0.05, 0) is 50.1 Å². The average Bonchev–Trinajstić information content (AvgIpc) is 2.89. The maximum Gasteiger partial charge on any atom is 0.243 e. The van der Waals surface area contributed by atoms with Crippen LogP contribution in [-0.2, 0) is 24.8 Å². The van der Waals surface area contributed by atoms with Crippen LogP contribution in [0.5, 0.6) is 0 Å². The Labute approximate surface area is 218 Å². The zero-order valence-electron chi connectivity index (χ0n) is 20.8. The number of hydrogen-bond acceptors (Lipinski definition) is 5. The molecule has 7 nitrogen and oxygen atoms in total. The van der Waals surface area contributed by atoms with Crippen molar-refractivity contribution in [3.63, 3.8) is 0 Å². The smallest absolute Gasteiger partial charge is 0.243 e. The summed E-state index contributed by atoms with van der Waals surface area (Å²) in [5, 5.41) is 0. The van der Waals surface area contributed by atoms with Gasteiger partial charge in [0.1, 0.15) is 5.78 Å². The zero-order chi connectivity index (χ0) is 26.4. The topological polar surface area (TPSA) is 91.8 Å². The van der Waals surface area contributed by atoms with Crippen molar-refractivity contribution in [3.05, 3.63) is 95.6 Å². The van der Waals surface area contributed by atoms with Crippen LogP contribution in [0.4, 0.5) is 0 Å². The monoisotopic (exact) mass is 538 g/mol. The highest BCUT2D eigenvalue weighted by Crippen LogP contribution is 2.43. The summed E-state index contributed by atoms with van der Waals surface area (Å²) in [6.07, 6.45) is 0.227. The molecule has 0 aliphatic carbocycles. The largest absolute Gasteiger partial charge is 0.299 e. The first-order valence-corrected chi connectivity index (χ1v) is 15.2. The van der Waals surface area contributed by atoms with E-state index in [0.717, 1.165) is 16.7 Å². The SMILES string of the molecule is Cc1ccc(S(=O)(=O)N2CC[C@H]3[C@@H](C2)C(=O)CC(c2ccccc2)N3S(=O)(=O)c2ccc(C)cc2)cc1. The number of nitrogens with zero attached hydrogens (tertiary/aromatic N) is 2. The molecule has 9 heteroatoms. The number of carbonyl (C=O) groups excluding carboxylic acids is 1. The van der Waals surface area contributed by atoms with Gasteiger partial charge in [0.2, 0.25) is 20.0 Å². The van der Waals surface area contributed by atoms with Crippen LogP contribution in [0.2, 0.25) is 0 Å². The van der Waals surface area contributed by atoms with Gasteiger partial charge in [0, 0.05) is 31.5 Å². The van der Waals surface area contributed by atoms with E-state index in [-0.39, 0.29) is 41.5 Å². The fourth-order valence-electron chi connectivity index (χ4n) is 5.39. The van der Waals surface area contributed by atoms with E-state index in [4.69, 9.17) is 0 Å². The summed E-state index contributed by atoms with van der Waals surface area (Å²) >= 11 is 0. The van der Waals surface area contributed by atoms with E-state index in [1.54, 1.807) is 48.5 Å². The lowest BCUT2D eigenvalue weighted by Crippen LogP contribution is -2.60. The Morgan fingerprint density at radius 2 is 1.27 bits per heavy atom. The van der Waals surface area contributed by atoms with Crippen molar-refractivity contribution in [2.75, 3.05) is 13.1 Å². The van der Waals surface area contributed by atoms with E-state index in [9.17, 15) is 21.6 Å². The molecule has 3 aromatic rings. The van der Waals surface area contributed by atoms with Crippen molar-refractivity contribution >= 4 is 25.8 Å². The normalized spacial score (nSPS) is 23.5. The number of ketones is 1. The molecule has 2 saturated heterocycles. The Morgan fingerprint density at radius 3 is 1.84 bits per heavy atom. The van der Waals surface area contributed by atoms with E-state index in [1.165, 1.54) is 8.61 Å². The minimum absolute atomic E-state index is 0.00527. The first kappa shape index (κ1) is 25.8. The number of carbonyl (C=O) groups is 1. The number of benzene rings is 3. The predicted molar refractivity (Wildman–Crippen MR) is 141 cm³/mol. The fraction of sp³-hybridized carbons (Fsp3) is 0.321. The van der Waals surface area contributed by atoms with E-state index in [0.29, 0.717) is 0 Å². The van der Waals surface area contributed by atoms with Gasteiger partial charge in [-0.15, -0.1) is 0 Å². The van der Waals surface area contributed by atoms with Crippen LogP contribution < -0.4 is 0 Å². The third kappa shape index (κ3) is 4.77. The molecule has 1 unspecified atom stereocenters. The molecule has 0 aromatic heterocycles. The molecule has 3 atom stereocenters. The number of hydrogen-bond donors (Lipinski definition) is 0. The number of Topliss-reactive ketones (excluding diaryl/α,β-unsaturated/α-hetero) is 1. The lowest BCUT2D eigenvalue weighted by atomic mass is 9.81. The molecule has 5 rings (SSSR count). The molecule has 2 aliphatic heterocycles. The quantitative estimate of drug-likeness (QED) is 0.488. The summed E-state index contributed by atoms with van der Waals surface area (Å²) in [6, 6.07) is 21.2. The van der Waals surface area contributed by atoms with Gasteiger partial charge in [-0.1, -0.05) is 65.7 Å². The first-order chi connectivity index (χ1) is 17.6. The summed E-state index contributed by atoms with van der Waals surface area (Å²) in [5.74, 6) is -0.854. The highest BCUT2D eigenvalue weighted by Gasteiger charge is 2.51. The van der Waals surface area contributed by atoms with Crippen LogP contribution in [0, 0.1) is 19.8 Å². The van der Waals surface area contributed by atoms with Gasteiger partial charge < -0.3 is 0 Å². The Balaban J connectivity index is 1.53. The lowest BCUT2D eigenvalue weighted by molar-refractivity contribution is -0.131. The Kier molecular flexibility index (Phi) is 6.83. The second-order valence-electron chi connectivity index (χ2n) is 9.88. The maximum atomic E-state index is 14.1. The van der Waals surface area contributed by atoms with E-state index < -0.39 is 38.0 Å². The third-order valence-corrected chi connectivity index (χ3v) is 11.2. The molecule has 194 valence electrons. The summed E-state index contributed by atoms with van der Waals surface area (Å²) in [5.41, 5.74) is 2.64. The third-order valence-electron chi connectivity index (χ3n) is 7.42. The van der Waals surface area contributed by atoms with Gasteiger partial charge in [-0.3, -0.25) is 4.79 Å². The van der Waals surface area contributed by atoms with Gasteiger partial charge in [0.05, 0.1) is 15.8 Å². The summed E-state index contributed by atoms with van der Waals surface area (Å²) in [4.78, 5) is 13.8. The first-order valence-electron chi connectivity index (χ1n) is 12.3. The molecule has 2 fully saturated rings. The van der Waals surface area contributed by atoms with Crippen molar-refractivity contribution in [2.24, 2.45) is 5.92 Å². The Hall–Kier alpha value is -2.85. The maximum absolute atomic E-state index is 14.1. The van der Waals surface area contributed by atoms with Gasteiger partial charge in [-0.25, -0.2) is 16.8 Å². The van der Waals surface area contributed by atoms with Crippen molar-refractivity contribution in [2.45, 2.75) is 48.6 Å². The highest BCUT2D eigenvalue weighted by atomic mass is 32.2. The van der Waals surface area contributed by atoms with Crippen LogP contribution in [0.25, 0.3) is 0 Å². The Bertz CT molecular complexity index is 1500. The molecule has 0 N–H and O–H groups in total. The van der Waals surface area contributed by atoms with Crippen LogP contribution in [0.3, 0.4) is 0 Å². The zero-order valence-corrected chi connectivity index (χ0v) is 22.5. The summed E-state index contributed by atoms with van der Waals surface area (Å²) < 4.78 is 57.7. The second-order valence-corrected chi connectivity index (χ2v) is 13.7. The average molecular weight is 539 g/mol. The molecule has 2 aliphatic rings. The number of aryl methyl sites for hydroxylation is 2. The predicted octanol–water partition coefficient (Wildman–Crippen LogP) is 4.09. The number of piperidine rings is 2. The van der Waals surface area contributed by atoms with E-state index in [2.05, 4.69) is 0 Å². The minimum atomic E-state index is -3.97. The Morgan fingerprint density at radius 1 is 0.730 bits per heavy atom. The molecular formula is C28H30N2O5S2. The van der Waals surface area contributed by atoms with Gasteiger partial charge in [0.15, 0.2) is 0 Å². The molecule has 0 amide bonds. The molecule has 37 heavy (non-hydrogen) atoms. The molecule has 2 heterocycles. The van der Waals surface area contributed by atoms with Crippen LogP contribution in [0.1, 0.15) is 35.6 Å². The molecule has 0 spiro atoms. The summed E-state index contributed by atoms with van der Waals surface area (Å²) in [7, 11) is -7.78. The highest BCUT2D eigenvalue weighted by molar-refractivity contribution is 7.89. The number of fused-ring (bicyclic) bond motifs is 1. The van der Waals surface area contributed by atoms with E-state index in [1.807, 2.05) is 44.2 Å². The van der Waals surface area contributed by atoms with Crippen LogP contribution in [0.15, 0.2) is 88.7 Å².